The van der Waals surface area contributed by atoms with Crippen molar-refractivity contribution in [2.24, 2.45) is 5.41 Å². The zero-order chi connectivity index (χ0) is 22.0. The third-order valence-corrected chi connectivity index (χ3v) is 5.60. The van der Waals surface area contributed by atoms with Gasteiger partial charge in [0.05, 0.1) is 18.6 Å². The summed E-state index contributed by atoms with van der Waals surface area (Å²) in [4.78, 5) is 12.0. The highest BCUT2D eigenvalue weighted by atomic mass is 79.9. The molecule has 2 aromatic rings. The zero-order valence-corrected chi connectivity index (χ0v) is 18.8. The van der Waals surface area contributed by atoms with Crippen LogP contribution in [0.25, 0.3) is 11.1 Å². The number of alkyl halides is 4. The van der Waals surface area contributed by atoms with Crippen LogP contribution in [0.5, 0.6) is 0 Å². The van der Waals surface area contributed by atoms with Gasteiger partial charge in [0.25, 0.3) is 0 Å². The van der Waals surface area contributed by atoms with E-state index in [1.165, 1.54) is 19.2 Å². The number of hydrogen-bond donors (Lipinski definition) is 0. The maximum Gasteiger partial charge on any atom is 0.416 e. The standard InChI is InChI=1S/C23H26BrF3O2/c1-14(21(28)29-5)16-8-11-18(20(24)13-22(2,3)4)19(12-16)15-6-9-17(10-7-15)23(25,26)27/h6-12,14,20H,13H2,1-5H3/t14-,20-/m0/s1. The average Bonchev–Trinajstić information content (AvgIpc) is 2.64. The van der Waals surface area contributed by atoms with E-state index in [9.17, 15) is 18.0 Å². The van der Waals surface area contributed by atoms with Crippen molar-refractivity contribution >= 4 is 21.9 Å². The van der Waals surface area contributed by atoms with Crippen LogP contribution in [-0.4, -0.2) is 13.1 Å². The van der Waals surface area contributed by atoms with Gasteiger partial charge in [0.2, 0.25) is 0 Å². The summed E-state index contributed by atoms with van der Waals surface area (Å²) in [5.41, 5.74) is 2.57. The topological polar surface area (TPSA) is 26.3 Å². The normalized spacial score (nSPS) is 14.4. The molecular weight excluding hydrogens is 445 g/mol. The first kappa shape index (κ1) is 23.5. The molecule has 0 amide bonds. The predicted molar refractivity (Wildman–Crippen MR) is 113 cm³/mol. The van der Waals surface area contributed by atoms with Crippen molar-refractivity contribution in [3.63, 3.8) is 0 Å². The Balaban J connectivity index is 2.56. The predicted octanol–water partition coefficient (Wildman–Crippen LogP) is 7.52. The Morgan fingerprint density at radius 2 is 1.66 bits per heavy atom. The molecular formula is C23H26BrF3O2. The molecule has 0 N–H and O–H groups in total. The second-order valence-corrected chi connectivity index (χ2v) is 9.50. The van der Waals surface area contributed by atoms with Gasteiger partial charge in [-0.3, -0.25) is 4.79 Å². The highest BCUT2D eigenvalue weighted by molar-refractivity contribution is 9.09. The van der Waals surface area contributed by atoms with Crippen molar-refractivity contribution in [2.45, 2.75) is 51.0 Å². The summed E-state index contributed by atoms with van der Waals surface area (Å²) in [5.74, 6) is -0.833. The smallest absolute Gasteiger partial charge is 0.416 e. The fraction of sp³-hybridized carbons (Fsp3) is 0.435. The van der Waals surface area contributed by atoms with Gasteiger partial charge in [0.15, 0.2) is 0 Å². The minimum absolute atomic E-state index is 0.0160. The quantitative estimate of drug-likeness (QED) is 0.333. The summed E-state index contributed by atoms with van der Waals surface area (Å²) in [7, 11) is 1.34. The maximum absolute atomic E-state index is 13.0. The lowest BCUT2D eigenvalue weighted by Gasteiger charge is -2.25. The van der Waals surface area contributed by atoms with Gasteiger partial charge in [0.1, 0.15) is 0 Å². The molecule has 0 unspecified atom stereocenters. The number of carbonyl (C=O) groups is 1. The van der Waals surface area contributed by atoms with E-state index in [2.05, 4.69) is 36.7 Å². The molecule has 0 aromatic heterocycles. The molecule has 0 aliphatic rings. The first-order valence-electron chi connectivity index (χ1n) is 9.37. The molecule has 0 aliphatic carbocycles. The van der Waals surface area contributed by atoms with E-state index in [0.717, 1.165) is 35.2 Å². The lowest BCUT2D eigenvalue weighted by molar-refractivity contribution is -0.142. The summed E-state index contributed by atoms with van der Waals surface area (Å²) in [6.07, 6.45) is -3.54. The number of rotatable bonds is 5. The molecule has 0 aliphatic heterocycles. The Bertz CT molecular complexity index is 852. The molecule has 2 aromatic carbocycles. The molecule has 2 atom stereocenters. The fourth-order valence-electron chi connectivity index (χ4n) is 3.17. The Morgan fingerprint density at radius 3 is 2.14 bits per heavy atom. The molecule has 0 saturated carbocycles. The minimum Gasteiger partial charge on any atom is -0.469 e. The molecule has 0 bridgehead atoms. The molecule has 0 heterocycles. The van der Waals surface area contributed by atoms with E-state index in [1.807, 2.05) is 18.2 Å². The first-order chi connectivity index (χ1) is 13.3. The fourth-order valence-corrected chi connectivity index (χ4v) is 4.54. The SMILES string of the molecule is COC(=O)[C@@H](C)c1ccc([C@@H](Br)CC(C)(C)C)c(-c2ccc(C(F)(F)F)cc2)c1. The number of benzene rings is 2. The molecule has 0 fully saturated rings. The van der Waals surface area contributed by atoms with Crippen molar-refractivity contribution in [1.82, 2.24) is 0 Å². The summed E-state index contributed by atoms with van der Waals surface area (Å²) in [6, 6.07) is 10.8. The van der Waals surface area contributed by atoms with E-state index in [0.29, 0.717) is 5.56 Å². The van der Waals surface area contributed by atoms with Gasteiger partial charge in [-0.1, -0.05) is 61.0 Å². The number of esters is 1. The second kappa shape index (κ2) is 8.90. The Hall–Kier alpha value is -1.82. The van der Waals surface area contributed by atoms with E-state index < -0.39 is 17.7 Å². The van der Waals surface area contributed by atoms with Crippen LogP contribution in [0.1, 0.15) is 61.6 Å². The van der Waals surface area contributed by atoms with Crippen molar-refractivity contribution in [3.05, 3.63) is 59.2 Å². The number of carbonyl (C=O) groups excluding carboxylic acids is 1. The van der Waals surface area contributed by atoms with Crippen LogP contribution in [0.2, 0.25) is 0 Å². The zero-order valence-electron chi connectivity index (χ0n) is 17.2. The largest absolute Gasteiger partial charge is 0.469 e. The molecule has 29 heavy (non-hydrogen) atoms. The van der Waals surface area contributed by atoms with Crippen LogP contribution >= 0.6 is 15.9 Å². The van der Waals surface area contributed by atoms with Crippen LogP contribution in [-0.2, 0) is 15.7 Å². The van der Waals surface area contributed by atoms with E-state index in [1.54, 1.807) is 6.92 Å². The van der Waals surface area contributed by atoms with E-state index in [4.69, 9.17) is 4.74 Å². The Kier molecular flexibility index (Phi) is 7.20. The summed E-state index contributed by atoms with van der Waals surface area (Å²) in [6.45, 7) is 8.14. The van der Waals surface area contributed by atoms with E-state index >= 15 is 0 Å². The van der Waals surface area contributed by atoms with Crippen LogP contribution in [0.3, 0.4) is 0 Å². The monoisotopic (exact) mass is 470 g/mol. The molecule has 0 saturated heterocycles. The average molecular weight is 471 g/mol. The van der Waals surface area contributed by atoms with Gasteiger partial charge in [-0.2, -0.15) is 13.2 Å². The van der Waals surface area contributed by atoms with E-state index in [-0.39, 0.29) is 16.2 Å². The molecule has 2 nitrogen and oxygen atoms in total. The van der Waals surface area contributed by atoms with Crippen molar-refractivity contribution < 1.29 is 22.7 Å². The third kappa shape index (κ3) is 6.08. The van der Waals surface area contributed by atoms with Crippen LogP contribution < -0.4 is 0 Å². The molecule has 0 radical (unpaired) electrons. The lowest BCUT2D eigenvalue weighted by Crippen LogP contribution is -2.12. The van der Waals surface area contributed by atoms with Crippen LogP contribution in [0.4, 0.5) is 13.2 Å². The van der Waals surface area contributed by atoms with Crippen molar-refractivity contribution in [2.75, 3.05) is 7.11 Å². The molecule has 0 spiro atoms. The number of halogens is 4. The summed E-state index contributed by atoms with van der Waals surface area (Å²) in [5, 5.41) is 0. The number of ether oxygens (including phenoxy) is 1. The highest BCUT2D eigenvalue weighted by Crippen LogP contribution is 2.41. The second-order valence-electron chi connectivity index (χ2n) is 8.40. The number of hydrogen-bond acceptors (Lipinski definition) is 2. The van der Waals surface area contributed by atoms with Gasteiger partial charge in [-0.25, -0.2) is 0 Å². The van der Waals surface area contributed by atoms with Gasteiger partial charge in [0, 0.05) is 4.83 Å². The Morgan fingerprint density at radius 1 is 1.07 bits per heavy atom. The van der Waals surface area contributed by atoms with Crippen molar-refractivity contribution in [3.8, 4) is 11.1 Å². The highest BCUT2D eigenvalue weighted by Gasteiger charge is 2.30. The minimum atomic E-state index is -4.38. The molecule has 2 rings (SSSR count). The van der Waals surface area contributed by atoms with Gasteiger partial charge < -0.3 is 4.74 Å². The molecule has 158 valence electrons. The third-order valence-electron chi connectivity index (χ3n) is 4.78. The number of methoxy groups -OCH3 is 1. The van der Waals surface area contributed by atoms with Gasteiger partial charge >= 0.3 is 12.1 Å². The summed E-state index contributed by atoms with van der Waals surface area (Å²) >= 11 is 3.75. The van der Waals surface area contributed by atoms with Crippen molar-refractivity contribution in [1.29, 1.82) is 0 Å². The summed E-state index contributed by atoms with van der Waals surface area (Å²) < 4.78 is 43.7. The molecule has 6 heteroatoms. The Labute approximate surface area is 178 Å². The maximum atomic E-state index is 13.0. The van der Waals surface area contributed by atoms with Gasteiger partial charge in [-0.15, -0.1) is 0 Å². The van der Waals surface area contributed by atoms with Crippen LogP contribution in [0.15, 0.2) is 42.5 Å². The first-order valence-corrected chi connectivity index (χ1v) is 10.3. The lowest BCUT2D eigenvalue weighted by atomic mass is 9.85. The van der Waals surface area contributed by atoms with Gasteiger partial charge in [-0.05, 0) is 59.2 Å². The van der Waals surface area contributed by atoms with Crippen LogP contribution in [0, 0.1) is 5.41 Å².